The molecule has 1 aliphatic heterocycles. The van der Waals surface area contributed by atoms with Gasteiger partial charge < -0.3 is 10.2 Å². The molecule has 1 atom stereocenters. The Bertz CT molecular complexity index is 147. The van der Waals surface area contributed by atoms with Crippen LogP contribution in [0.1, 0.15) is 26.7 Å². The topological polar surface area (TPSA) is 18.5 Å². The Morgan fingerprint density at radius 1 is 1.13 bits per heavy atom. The number of likely N-dealkylation sites (N-methyl/N-ethyl adjacent to an activating group) is 2. The normalized spacial score (nSPS) is 21.8. The highest BCUT2D eigenvalue weighted by atomic mass is 15.3. The van der Waals surface area contributed by atoms with Gasteiger partial charge in [-0.3, -0.25) is 4.90 Å². The van der Waals surface area contributed by atoms with Gasteiger partial charge in [0.25, 0.3) is 0 Å². The van der Waals surface area contributed by atoms with E-state index in [1.165, 1.54) is 45.6 Å². The maximum atomic E-state index is 3.32. The smallest absolute Gasteiger partial charge is 0.0221 e. The molecule has 0 bridgehead atoms. The third kappa shape index (κ3) is 4.09. The first kappa shape index (κ1) is 12.9. The average molecular weight is 213 g/mol. The minimum Gasteiger partial charge on any atom is -0.318 e. The number of rotatable bonds is 6. The van der Waals surface area contributed by atoms with E-state index >= 15 is 0 Å². The van der Waals surface area contributed by atoms with E-state index in [0.717, 1.165) is 12.6 Å². The maximum absolute atomic E-state index is 3.32. The molecule has 0 aromatic carbocycles. The Morgan fingerprint density at radius 3 is 2.27 bits per heavy atom. The molecular formula is C12H27N3. The highest BCUT2D eigenvalue weighted by Gasteiger charge is 2.21. The van der Waals surface area contributed by atoms with Crippen LogP contribution in [-0.4, -0.2) is 62.2 Å². The van der Waals surface area contributed by atoms with Gasteiger partial charge in [0.2, 0.25) is 0 Å². The second-order valence-electron chi connectivity index (χ2n) is 4.47. The SMILES string of the molecule is CCCC(CNC)N1CCN(CC)CC1. The van der Waals surface area contributed by atoms with Crippen molar-refractivity contribution in [3.05, 3.63) is 0 Å². The molecule has 3 nitrogen and oxygen atoms in total. The summed E-state index contributed by atoms with van der Waals surface area (Å²) in [5.74, 6) is 0. The van der Waals surface area contributed by atoms with Crippen molar-refractivity contribution < 1.29 is 0 Å². The zero-order chi connectivity index (χ0) is 11.1. The second-order valence-corrected chi connectivity index (χ2v) is 4.47. The van der Waals surface area contributed by atoms with Crippen LogP contribution in [0.3, 0.4) is 0 Å². The lowest BCUT2D eigenvalue weighted by Crippen LogP contribution is -2.52. The molecule has 1 N–H and O–H groups in total. The lowest BCUT2D eigenvalue weighted by molar-refractivity contribution is 0.0949. The van der Waals surface area contributed by atoms with Gasteiger partial charge >= 0.3 is 0 Å². The van der Waals surface area contributed by atoms with Gasteiger partial charge in [-0.25, -0.2) is 0 Å². The number of nitrogens with one attached hydrogen (secondary N) is 1. The van der Waals surface area contributed by atoms with Crippen LogP contribution in [0.4, 0.5) is 0 Å². The molecule has 0 saturated carbocycles. The number of piperazine rings is 1. The first-order chi connectivity index (χ1) is 7.31. The van der Waals surface area contributed by atoms with Crippen molar-refractivity contribution in [3.63, 3.8) is 0 Å². The third-order valence-electron chi connectivity index (χ3n) is 3.43. The van der Waals surface area contributed by atoms with E-state index < -0.39 is 0 Å². The van der Waals surface area contributed by atoms with Crippen LogP contribution in [0.25, 0.3) is 0 Å². The van der Waals surface area contributed by atoms with E-state index in [2.05, 4.69) is 36.0 Å². The minimum atomic E-state index is 0.749. The van der Waals surface area contributed by atoms with E-state index in [1.807, 2.05) is 0 Å². The Morgan fingerprint density at radius 2 is 1.80 bits per heavy atom. The van der Waals surface area contributed by atoms with E-state index in [0.29, 0.717) is 0 Å². The predicted molar refractivity (Wildman–Crippen MR) is 66.3 cm³/mol. The van der Waals surface area contributed by atoms with Crippen LogP contribution in [0, 0.1) is 0 Å². The lowest BCUT2D eigenvalue weighted by Gasteiger charge is -2.39. The molecule has 1 rings (SSSR count). The van der Waals surface area contributed by atoms with Crippen molar-refractivity contribution in [2.75, 3.05) is 46.3 Å². The molecule has 1 saturated heterocycles. The molecule has 3 heteroatoms. The maximum Gasteiger partial charge on any atom is 0.0221 e. The van der Waals surface area contributed by atoms with Gasteiger partial charge in [-0.15, -0.1) is 0 Å². The first-order valence-electron chi connectivity index (χ1n) is 6.42. The largest absolute Gasteiger partial charge is 0.318 e. The van der Waals surface area contributed by atoms with Gasteiger partial charge in [-0.05, 0) is 20.0 Å². The molecule has 1 fully saturated rings. The second kappa shape index (κ2) is 7.20. The fourth-order valence-corrected chi connectivity index (χ4v) is 2.43. The zero-order valence-corrected chi connectivity index (χ0v) is 10.6. The highest BCUT2D eigenvalue weighted by Crippen LogP contribution is 2.10. The summed E-state index contributed by atoms with van der Waals surface area (Å²) in [5.41, 5.74) is 0. The number of hydrogen-bond donors (Lipinski definition) is 1. The van der Waals surface area contributed by atoms with Gasteiger partial charge in [0.1, 0.15) is 0 Å². The summed E-state index contributed by atoms with van der Waals surface area (Å²) in [4.78, 5) is 5.20. The minimum absolute atomic E-state index is 0.749. The first-order valence-corrected chi connectivity index (χ1v) is 6.42. The Balaban J connectivity index is 2.34. The highest BCUT2D eigenvalue weighted by molar-refractivity contribution is 4.79. The fraction of sp³-hybridized carbons (Fsp3) is 1.00. The van der Waals surface area contributed by atoms with Gasteiger partial charge in [-0.1, -0.05) is 20.3 Å². The van der Waals surface area contributed by atoms with Crippen molar-refractivity contribution in [3.8, 4) is 0 Å². The van der Waals surface area contributed by atoms with Crippen molar-refractivity contribution in [2.45, 2.75) is 32.7 Å². The quantitative estimate of drug-likeness (QED) is 0.710. The molecule has 0 aliphatic carbocycles. The molecule has 1 unspecified atom stereocenters. The molecule has 0 aromatic heterocycles. The summed E-state index contributed by atoms with van der Waals surface area (Å²) in [6, 6.07) is 0.749. The summed E-state index contributed by atoms with van der Waals surface area (Å²) in [7, 11) is 2.06. The molecule has 1 aliphatic rings. The fourth-order valence-electron chi connectivity index (χ4n) is 2.43. The van der Waals surface area contributed by atoms with Crippen molar-refractivity contribution in [1.82, 2.24) is 15.1 Å². The molecule has 90 valence electrons. The van der Waals surface area contributed by atoms with Crippen LogP contribution in [0.5, 0.6) is 0 Å². The van der Waals surface area contributed by atoms with E-state index in [9.17, 15) is 0 Å². The summed E-state index contributed by atoms with van der Waals surface area (Å²) in [5, 5.41) is 3.32. The van der Waals surface area contributed by atoms with Gasteiger partial charge in [-0.2, -0.15) is 0 Å². The molecule has 0 spiro atoms. The van der Waals surface area contributed by atoms with Crippen molar-refractivity contribution >= 4 is 0 Å². The van der Waals surface area contributed by atoms with Crippen LogP contribution < -0.4 is 5.32 Å². The molecular weight excluding hydrogens is 186 g/mol. The molecule has 0 amide bonds. The van der Waals surface area contributed by atoms with Gasteiger partial charge in [0, 0.05) is 38.8 Å². The third-order valence-corrected chi connectivity index (χ3v) is 3.43. The summed E-state index contributed by atoms with van der Waals surface area (Å²) >= 11 is 0. The lowest BCUT2D eigenvalue weighted by atomic mass is 10.1. The average Bonchev–Trinajstić information content (AvgIpc) is 2.29. The van der Waals surface area contributed by atoms with Crippen molar-refractivity contribution in [1.29, 1.82) is 0 Å². The molecule has 0 aromatic rings. The number of nitrogens with zero attached hydrogens (tertiary/aromatic N) is 2. The van der Waals surface area contributed by atoms with Gasteiger partial charge in [0.15, 0.2) is 0 Å². The van der Waals surface area contributed by atoms with Crippen LogP contribution >= 0.6 is 0 Å². The Labute approximate surface area is 94.8 Å². The monoisotopic (exact) mass is 213 g/mol. The molecule has 15 heavy (non-hydrogen) atoms. The summed E-state index contributed by atoms with van der Waals surface area (Å²) in [6.07, 6.45) is 2.62. The van der Waals surface area contributed by atoms with E-state index in [-0.39, 0.29) is 0 Å². The van der Waals surface area contributed by atoms with Crippen LogP contribution in [-0.2, 0) is 0 Å². The summed E-state index contributed by atoms with van der Waals surface area (Å²) < 4.78 is 0. The molecule has 1 heterocycles. The van der Waals surface area contributed by atoms with Crippen LogP contribution in [0.2, 0.25) is 0 Å². The van der Waals surface area contributed by atoms with E-state index in [4.69, 9.17) is 0 Å². The molecule has 0 radical (unpaired) electrons. The Kier molecular flexibility index (Phi) is 6.22. The standard InChI is InChI=1S/C12H27N3/c1-4-6-12(11-13-3)15-9-7-14(5-2)8-10-15/h12-13H,4-11H2,1-3H3. The summed E-state index contributed by atoms with van der Waals surface area (Å²) in [6.45, 7) is 11.9. The predicted octanol–water partition coefficient (Wildman–Crippen LogP) is 1.01. The van der Waals surface area contributed by atoms with Gasteiger partial charge in [0.05, 0.1) is 0 Å². The van der Waals surface area contributed by atoms with Crippen LogP contribution in [0.15, 0.2) is 0 Å². The zero-order valence-electron chi connectivity index (χ0n) is 10.6. The Hall–Kier alpha value is -0.120. The van der Waals surface area contributed by atoms with E-state index in [1.54, 1.807) is 0 Å². The van der Waals surface area contributed by atoms with Crippen molar-refractivity contribution in [2.24, 2.45) is 0 Å². The number of hydrogen-bond acceptors (Lipinski definition) is 3.